The third-order valence-corrected chi connectivity index (χ3v) is 6.42. The van der Waals surface area contributed by atoms with E-state index in [9.17, 15) is 9.59 Å². The lowest BCUT2D eigenvalue weighted by Gasteiger charge is -2.07. The zero-order valence-corrected chi connectivity index (χ0v) is 17.8. The summed E-state index contributed by atoms with van der Waals surface area (Å²) < 4.78 is 0. The van der Waals surface area contributed by atoms with Crippen molar-refractivity contribution in [3.8, 4) is 0 Å². The lowest BCUT2D eigenvalue weighted by atomic mass is 10.0. The molecule has 0 saturated heterocycles. The molecule has 4 aromatic rings. The highest BCUT2D eigenvalue weighted by Gasteiger charge is 2.20. The van der Waals surface area contributed by atoms with Crippen molar-refractivity contribution in [3.63, 3.8) is 0 Å². The second-order valence-corrected chi connectivity index (χ2v) is 8.20. The van der Waals surface area contributed by atoms with Crippen LogP contribution in [0, 0.1) is 20.8 Å². The average Bonchev–Trinajstić information content (AvgIpc) is 3.09. The summed E-state index contributed by atoms with van der Waals surface area (Å²) in [4.78, 5) is 31.2. The van der Waals surface area contributed by atoms with Crippen LogP contribution in [0.25, 0.3) is 10.2 Å². The predicted octanol–water partition coefficient (Wildman–Crippen LogP) is 5.29. The number of nitrogens with zero attached hydrogens (tertiary/aromatic N) is 1. The molecule has 0 bridgehead atoms. The summed E-state index contributed by atoms with van der Waals surface area (Å²) >= 11 is 1.29. The molecule has 0 aliphatic rings. The van der Waals surface area contributed by atoms with Gasteiger partial charge in [-0.15, -0.1) is 11.3 Å². The molecule has 4 rings (SSSR count). The molecule has 0 aliphatic heterocycles. The Morgan fingerprint density at radius 2 is 1.53 bits per heavy atom. The van der Waals surface area contributed by atoms with Gasteiger partial charge in [0.1, 0.15) is 9.71 Å². The Bertz CT molecular complexity index is 1280. The van der Waals surface area contributed by atoms with Crippen molar-refractivity contribution in [1.82, 2.24) is 4.98 Å². The van der Waals surface area contributed by atoms with Crippen LogP contribution < -0.4 is 11.1 Å². The molecule has 0 saturated carbocycles. The van der Waals surface area contributed by atoms with Gasteiger partial charge >= 0.3 is 0 Å². The van der Waals surface area contributed by atoms with E-state index in [0.29, 0.717) is 27.4 Å². The van der Waals surface area contributed by atoms with Crippen LogP contribution >= 0.6 is 11.3 Å². The number of aryl methyl sites for hydroxylation is 2. The largest absolute Gasteiger partial charge is 0.397 e. The SMILES string of the molecule is Cc1nc2sc(C(=O)Nc3ccc(C(=O)c4ccccc4)cc3)c(N)c2c(C)c1C. The van der Waals surface area contributed by atoms with Gasteiger partial charge in [0.2, 0.25) is 0 Å². The monoisotopic (exact) mass is 415 g/mol. The number of benzene rings is 2. The van der Waals surface area contributed by atoms with E-state index in [0.717, 1.165) is 27.0 Å². The van der Waals surface area contributed by atoms with E-state index in [1.54, 1.807) is 36.4 Å². The third-order valence-electron chi connectivity index (χ3n) is 5.32. The number of anilines is 2. The third kappa shape index (κ3) is 3.46. The molecule has 150 valence electrons. The molecule has 0 fully saturated rings. The van der Waals surface area contributed by atoms with E-state index < -0.39 is 0 Å². The maximum absolute atomic E-state index is 12.9. The first-order valence-corrected chi connectivity index (χ1v) is 10.4. The van der Waals surface area contributed by atoms with Crippen molar-refractivity contribution >= 4 is 44.6 Å². The summed E-state index contributed by atoms with van der Waals surface area (Å²) in [6, 6.07) is 15.9. The fourth-order valence-electron chi connectivity index (χ4n) is 3.39. The molecule has 0 aliphatic carbocycles. The van der Waals surface area contributed by atoms with E-state index in [2.05, 4.69) is 10.3 Å². The Morgan fingerprint density at radius 1 is 0.900 bits per heavy atom. The van der Waals surface area contributed by atoms with Gasteiger partial charge in [-0.3, -0.25) is 9.59 Å². The number of nitrogens with one attached hydrogen (secondary N) is 1. The lowest BCUT2D eigenvalue weighted by molar-refractivity contribution is 0.102. The fraction of sp³-hybridized carbons (Fsp3) is 0.125. The van der Waals surface area contributed by atoms with E-state index in [1.807, 2.05) is 39.0 Å². The maximum Gasteiger partial charge on any atom is 0.267 e. The van der Waals surface area contributed by atoms with Gasteiger partial charge in [0, 0.05) is 27.9 Å². The molecule has 2 heterocycles. The number of nitrogen functional groups attached to an aromatic ring is 1. The second kappa shape index (κ2) is 7.72. The van der Waals surface area contributed by atoms with Crippen LogP contribution in [-0.2, 0) is 0 Å². The molecule has 2 aromatic carbocycles. The summed E-state index contributed by atoms with van der Waals surface area (Å²) in [6.45, 7) is 5.96. The Morgan fingerprint density at radius 3 is 2.20 bits per heavy atom. The number of nitrogens with two attached hydrogens (primary N) is 1. The van der Waals surface area contributed by atoms with Crippen LogP contribution in [-0.4, -0.2) is 16.7 Å². The Labute approximate surface area is 178 Å². The fourth-order valence-corrected chi connectivity index (χ4v) is 4.48. The molecule has 6 heteroatoms. The molecule has 3 N–H and O–H groups in total. The molecule has 0 atom stereocenters. The van der Waals surface area contributed by atoms with Gasteiger partial charge in [-0.1, -0.05) is 30.3 Å². The van der Waals surface area contributed by atoms with E-state index in [1.165, 1.54) is 11.3 Å². The molecule has 1 amide bonds. The molecular weight excluding hydrogens is 394 g/mol. The highest BCUT2D eigenvalue weighted by molar-refractivity contribution is 7.21. The average molecular weight is 416 g/mol. The maximum atomic E-state index is 12.9. The van der Waals surface area contributed by atoms with Crippen molar-refractivity contribution in [3.05, 3.63) is 87.4 Å². The molecule has 0 spiro atoms. The number of hydrogen-bond donors (Lipinski definition) is 2. The number of fused-ring (bicyclic) bond motifs is 1. The van der Waals surface area contributed by atoms with Gasteiger partial charge in [-0.2, -0.15) is 0 Å². The van der Waals surface area contributed by atoms with Crippen LogP contribution in [0.1, 0.15) is 42.4 Å². The number of carbonyl (C=O) groups excluding carboxylic acids is 2. The minimum Gasteiger partial charge on any atom is -0.397 e. The van der Waals surface area contributed by atoms with Gasteiger partial charge in [-0.05, 0) is 56.2 Å². The van der Waals surface area contributed by atoms with E-state index in [4.69, 9.17) is 5.73 Å². The Balaban J connectivity index is 1.58. The quantitative estimate of drug-likeness (QED) is 0.444. The van der Waals surface area contributed by atoms with E-state index in [-0.39, 0.29) is 11.7 Å². The summed E-state index contributed by atoms with van der Waals surface area (Å²) in [6.07, 6.45) is 0. The first-order valence-electron chi connectivity index (χ1n) is 9.53. The zero-order valence-electron chi connectivity index (χ0n) is 16.9. The molecular formula is C24H21N3O2S. The number of thiophene rings is 1. The summed E-state index contributed by atoms with van der Waals surface area (Å²) in [5.74, 6) is -0.346. The smallest absolute Gasteiger partial charge is 0.267 e. The van der Waals surface area contributed by atoms with Gasteiger partial charge in [0.05, 0.1) is 5.69 Å². The summed E-state index contributed by atoms with van der Waals surface area (Å²) in [7, 11) is 0. The highest BCUT2D eigenvalue weighted by Crippen LogP contribution is 2.36. The van der Waals surface area contributed by atoms with Crippen LogP contribution in [0.4, 0.5) is 11.4 Å². The second-order valence-electron chi connectivity index (χ2n) is 7.20. The minimum atomic E-state index is -0.285. The van der Waals surface area contributed by atoms with Gasteiger partial charge in [-0.25, -0.2) is 4.98 Å². The van der Waals surface area contributed by atoms with Crippen molar-refractivity contribution in [2.75, 3.05) is 11.1 Å². The van der Waals surface area contributed by atoms with Gasteiger partial charge < -0.3 is 11.1 Å². The van der Waals surface area contributed by atoms with Gasteiger partial charge in [0.15, 0.2) is 5.78 Å². The molecule has 30 heavy (non-hydrogen) atoms. The topological polar surface area (TPSA) is 85.1 Å². The Hall–Kier alpha value is -3.51. The van der Waals surface area contributed by atoms with Crippen molar-refractivity contribution in [2.45, 2.75) is 20.8 Å². The van der Waals surface area contributed by atoms with Gasteiger partial charge in [0.25, 0.3) is 5.91 Å². The normalized spacial score (nSPS) is 10.9. The highest BCUT2D eigenvalue weighted by atomic mass is 32.1. The molecule has 0 unspecified atom stereocenters. The summed E-state index contributed by atoms with van der Waals surface area (Å²) in [5, 5.41) is 3.71. The van der Waals surface area contributed by atoms with Crippen LogP contribution in [0.2, 0.25) is 0 Å². The number of pyridine rings is 1. The molecule has 5 nitrogen and oxygen atoms in total. The van der Waals surface area contributed by atoms with Crippen LogP contribution in [0.15, 0.2) is 54.6 Å². The predicted molar refractivity (Wildman–Crippen MR) is 123 cm³/mol. The number of aromatic nitrogens is 1. The van der Waals surface area contributed by atoms with Crippen molar-refractivity contribution < 1.29 is 9.59 Å². The summed E-state index contributed by atoms with van der Waals surface area (Å²) in [5.41, 5.74) is 11.6. The number of amides is 1. The minimum absolute atomic E-state index is 0.0606. The Kier molecular flexibility index (Phi) is 5.10. The van der Waals surface area contributed by atoms with Crippen LogP contribution in [0.3, 0.4) is 0 Å². The van der Waals surface area contributed by atoms with Crippen LogP contribution in [0.5, 0.6) is 0 Å². The zero-order chi connectivity index (χ0) is 21.4. The lowest BCUT2D eigenvalue weighted by Crippen LogP contribution is -2.12. The van der Waals surface area contributed by atoms with Crippen molar-refractivity contribution in [1.29, 1.82) is 0 Å². The van der Waals surface area contributed by atoms with E-state index >= 15 is 0 Å². The standard InChI is InChI=1S/C24H21N3O2S/c1-13-14(2)19-20(25)22(30-24(19)26-15(13)3)23(29)27-18-11-9-17(10-12-18)21(28)16-7-5-4-6-8-16/h4-12H,25H2,1-3H3,(H,27,29). The number of rotatable bonds is 4. The number of hydrogen-bond acceptors (Lipinski definition) is 5. The number of carbonyl (C=O) groups is 2. The first-order chi connectivity index (χ1) is 14.4. The molecule has 2 aromatic heterocycles. The molecule has 0 radical (unpaired) electrons. The number of ketones is 1. The first kappa shape index (κ1) is 19.8. The van der Waals surface area contributed by atoms with Crippen molar-refractivity contribution in [2.24, 2.45) is 0 Å².